The highest BCUT2D eigenvalue weighted by atomic mass is 32.2. The van der Waals surface area contributed by atoms with Gasteiger partial charge < -0.3 is 5.11 Å². The number of halogens is 1. The molecule has 1 amide bonds. The molecule has 1 saturated heterocycles. The number of aromatic hydroxyl groups is 1. The minimum absolute atomic E-state index is 0.148. The number of nitrogens with one attached hydrogen (secondary N) is 1. The van der Waals surface area contributed by atoms with Crippen molar-refractivity contribution < 1.29 is 27.5 Å². The van der Waals surface area contributed by atoms with E-state index in [-0.39, 0.29) is 5.56 Å². The van der Waals surface area contributed by atoms with E-state index in [1.54, 1.807) is 4.72 Å². The summed E-state index contributed by atoms with van der Waals surface area (Å²) in [5.41, 5.74) is -0.816. The Bertz CT molecular complexity index is 619. The van der Waals surface area contributed by atoms with Crippen LogP contribution in [0.3, 0.4) is 0 Å². The first-order valence-corrected chi connectivity index (χ1v) is 6.10. The van der Waals surface area contributed by atoms with Crippen LogP contribution in [0.4, 0.5) is 10.1 Å². The summed E-state index contributed by atoms with van der Waals surface area (Å²) >= 11 is 0. The van der Waals surface area contributed by atoms with Crippen LogP contribution < -0.4 is 9.03 Å². The molecule has 0 saturated carbocycles. The molecule has 0 unspecified atom stereocenters. The average molecular weight is 274 g/mol. The maximum absolute atomic E-state index is 13.7. The standard InChI is InChI=1S/C9H7FN2O5S/c10-6-1-5(4-13)2-7(14)9(6)12-3-8(15)11-18(12,16)17/h1-2,4,14H,3H2,(H,11,15). The molecule has 1 aliphatic rings. The van der Waals surface area contributed by atoms with Gasteiger partial charge in [0, 0.05) is 5.56 Å². The van der Waals surface area contributed by atoms with Crippen molar-refractivity contribution in [2.75, 3.05) is 10.8 Å². The highest BCUT2D eigenvalue weighted by Gasteiger charge is 2.37. The molecule has 1 heterocycles. The number of benzene rings is 1. The number of anilines is 1. The second-order valence-electron chi connectivity index (χ2n) is 3.53. The Kier molecular flexibility index (Phi) is 2.70. The maximum Gasteiger partial charge on any atom is 0.326 e. The van der Waals surface area contributed by atoms with Crippen LogP contribution in [-0.2, 0) is 15.0 Å². The van der Waals surface area contributed by atoms with Crippen LogP contribution in [-0.4, -0.2) is 32.3 Å². The first-order valence-electron chi connectivity index (χ1n) is 4.66. The van der Waals surface area contributed by atoms with Crippen LogP contribution in [0, 0.1) is 5.82 Å². The minimum Gasteiger partial charge on any atom is -0.506 e. The number of phenolic OH excluding ortho intramolecular Hbond substituents is 1. The van der Waals surface area contributed by atoms with E-state index >= 15 is 0 Å². The average Bonchev–Trinajstić information content (AvgIpc) is 2.51. The third-order valence-corrected chi connectivity index (χ3v) is 3.65. The molecule has 0 aromatic heterocycles. The highest BCUT2D eigenvalue weighted by Crippen LogP contribution is 2.34. The lowest BCUT2D eigenvalue weighted by Gasteiger charge is -2.16. The molecule has 2 rings (SSSR count). The van der Waals surface area contributed by atoms with E-state index < -0.39 is 39.9 Å². The fourth-order valence-corrected chi connectivity index (χ4v) is 2.74. The lowest BCUT2D eigenvalue weighted by molar-refractivity contribution is -0.117. The summed E-state index contributed by atoms with van der Waals surface area (Å²) in [7, 11) is -4.21. The molecule has 0 spiro atoms. The summed E-state index contributed by atoms with van der Waals surface area (Å²) in [6.45, 7) is -0.632. The van der Waals surface area contributed by atoms with E-state index in [0.717, 1.165) is 12.1 Å². The first-order chi connectivity index (χ1) is 8.35. The fourth-order valence-electron chi connectivity index (χ4n) is 1.57. The van der Waals surface area contributed by atoms with Crippen molar-refractivity contribution in [1.29, 1.82) is 0 Å². The van der Waals surface area contributed by atoms with Crippen molar-refractivity contribution in [3.63, 3.8) is 0 Å². The summed E-state index contributed by atoms with van der Waals surface area (Å²) in [5.74, 6) is -2.69. The van der Waals surface area contributed by atoms with Crippen molar-refractivity contribution in [2.45, 2.75) is 0 Å². The number of rotatable bonds is 2. The SMILES string of the molecule is O=Cc1cc(O)c(N2CC(=O)NS2(=O)=O)c(F)c1. The zero-order chi connectivity index (χ0) is 13.5. The van der Waals surface area contributed by atoms with Gasteiger partial charge in [-0.1, -0.05) is 0 Å². The molecule has 0 radical (unpaired) electrons. The van der Waals surface area contributed by atoms with E-state index in [4.69, 9.17) is 0 Å². The van der Waals surface area contributed by atoms with E-state index in [0.29, 0.717) is 10.6 Å². The highest BCUT2D eigenvalue weighted by molar-refractivity contribution is 7.92. The lowest BCUT2D eigenvalue weighted by Crippen LogP contribution is -2.30. The number of carbonyl (C=O) groups is 2. The predicted molar refractivity (Wildman–Crippen MR) is 57.9 cm³/mol. The second kappa shape index (κ2) is 3.95. The Morgan fingerprint density at radius 2 is 2.11 bits per heavy atom. The number of amides is 1. The van der Waals surface area contributed by atoms with Crippen molar-refractivity contribution in [3.05, 3.63) is 23.5 Å². The Labute approximate surface area is 101 Å². The molecule has 18 heavy (non-hydrogen) atoms. The molecule has 96 valence electrons. The van der Waals surface area contributed by atoms with Gasteiger partial charge in [0.15, 0.2) is 5.82 Å². The smallest absolute Gasteiger partial charge is 0.326 e. The van der Waals surface area contributed by atoms with Gasteiger partial charge >= 0.3 is 10.2 Å². The zero-order valence-electron chi connectivity index (χ0n) is 8.75. The van der Waals surface area contributed by atoms with Gasteiger partial charge in [0.25, 0.3) is 5.91 Å². The normalized spacial score (nSPS) is 17.6. The number of nitrogens with zero attached hydrogens (tertiary/aromatic N) is 1. The molecule has 2 N–H and O–H groups in total. The number of carbonyl (C=O) groups excluding carboxylic acids is 2. The maximum atomic E-state index is 13.7. The molecular formula is C9H7FN2O5S. The van der Waals surface area contributed by atoms with E-state index in [9.17, 15) is 27.5 Å². The fraction of sp³-hybridized carbons (Fsp3) is 0.111. The minimum atomic E-state index is -4.21. The number of hydrogen-bond acceptors (Lipinski definition) is 5. The quantitative estimate of drug-likeness (QED) is 0.709. The summed E-state index contributed by atoms with van der Waals surface area (Å²) in [6.07, 6.45) is 0.300. The van der Waals surface area contributed by atoms with Gasteiger partial charge in [-0.05, 0) is 12.1 Å². The van der Waals surface area contributed by atoms with Gasteiger partial charge in [0.05, 0.1) is 0 Å². The summed E-state index contributed by atoms with van der Waals surface area (Å²) < 4.78 is 38.6. The van der Waals surface area contributed by atoms with Crippen LogP contribution in [0.15, 0.2) is 12.1 Å². The molecule has 0 aliphatic carbocycles. The van der Waals surface area contributed by atoms with E-state index in [1.165, 1.54) is 0 Å². The summed E-state index contributed by atoms with van der Waals surface area (Å²) in [4.78, 5) is 21.4. The molecule has 1 aromatic rings. The second-order valence-corrected chi connectivity index (χ2v) is 5.12. The molecule has 1 fully saturated rings. The predicted octanol–water partition coefficient (Wildman–Crippen LogP) is -0.475. The van der Waals surface area contributed by atoms with Gasteiger partial charge in [-0.3, -0.25) is 9.59 Å². The van der Waals surface area contributed by atoms with Crippen LogP contribution >= 0.6 is 0 Å². The third-order valence-electron chi connectivity index (χ3n) is 2.27. The van der Waals surface area contributed by atoms with Crippen molar-refractivity contribution in [1.82, 2.24) is 4.72 Å². The van der Waals surface area contributed by atoms with Gasteiger partial charge in [-0.25, -0.2) is 13.4 Å². The Morgan fingerprint density at radius 3 is 2.56 bits per heavy atom. The third kappa shape index (κ3) is 1.88. The summed E-state index contributed by atoms with van der Waals surface area (Å²) in [6, 6.07) is 1.67. The van der Waals surface area contributed by atoms with E-state index in [2.05, 4.69) is 0 Å². The van der Waals surface area contributed by atoms with Gasteiger partial charge in [-0.2, -0.15) is 8.42 Å². The van der Waals surface area contributed by atoms with Crippen LogP contribution in [0.5, 0.6) is 5.75 Å². The largest absolute Gasteiger partial charge is 0.506 e. The Morgan fingerprint density at radius 1 is 1.44 bits per heavy atom. The molecule has 1 aromatic carbocycles. The van der Waals surface area contributed by atoms with Gasteiger partial charge in [0.1, 0.15) is 24.3 Å². The monoisotopic (exact) mass is 274 g/mol. The van der Waals surface area contributed by atoms with Gasteiger partial charge in [-0.15, -0.1) is 0 Å². The topological polar surface area (TPSA) is 104 Å². The molecule has 1 aliphatic heterocycles. The lowest BCUT2D eigenvalue weighted by atomic mass is 10.2. The van der Waals surface area contributed by atoms with Crippen molar-refractivity contribution >= 4 is 28.1 Å². The number of aldehydes is 1. The van der Waals surface area contributed by atoms with Gasteiger partial charge in [0.2, 0.25) is 0 Å². The van der Waals surface area contributed by atoms with Crippen molar-refractivity contribution in [2.24, 2.45) is 0 Å². The molecule has 9 heteroatoms. The number of phenols is 1. The Balaban J connectivity index is 2.59. The molecule has 0 atom stereocenters. The zero-order valence-corrected chi connectivity index (χ0v) is 9.57. The Hall–Kier alpha value is -2.16. The van der Waals surface area contributed by atoms with Crippen LogP contribution in [0.2, 0.25) is 0 Å². The van der Waals surface area contributed by atoms with Crippen molar-refractivity contribution in [3.8, 4) is 5.75 Å². The molecular weight excluding hydrogens is 267 g/mol. The molecule has 7 nitrogen and oxygen atoms in total. The van der Waals surface area contributed by atoms with E-state index in [1.807, 2.05) is 0 Å². The van der Waals surface area contributed by atoms with Crippen LogP contribution in [0.1, 0.15) is 10.4 Å². The first kappa shape index (κ1) is 12.3. The van der Waals surface area contributed by atoms with Crippen LogP contribution in [0.25, 0.3) is 0 Å². The molecule has 0 bridgehead atoms. The number of hydrogen-bond donors (Lipinski definition) is 2. The summed E-state index contributed by atoms with van der Waals surface area (Å²) in [5, 5.41) is 9.54.